The smallest absolute Gasteiger partial charge is 1.00 e. The maximum Gasteiger partial charge on any atom is 1.00 e. The first kappa shape index (κ1) is 12.2. The first-order chi connectivity index (χ1) is 6.51. The Kier molecular flexibility index (Phi) is 2.74. The van der Waals surface area contributed by atoms with Gasteiger partial charge in [0.05, 0.1) is 12.2 Å². The van der Waals surface area contributed by atoms with Gasteiger partial charge in [-0.05, 0) is 26.7 Å². The van der Waals surface area contributed by atoms with Crippen molar-refractivity contribution in [3.8, 4) is 0 Å². The summed E-state index contributed by atoms with van der Waals surface area (Å²) >= 11 is 0. The molecule has 5 heteroatoms. The van der Waals surface area contributed by atoms with Crippen molar-refractivity contribution in [3.63, 3.8) is 0 Å². The van der Waals surface area contributed by atoms with E-state index in [0.717, 1.165) is 12.8 Å². The second kappa shape index (κ2) is 3.37. The Labute approximate surface area is 132 Å². The molecule has 0 spiro atoms. The summed E-state index contributed by atoms with van der Waals surface area (Å²) in [5.74, 6) is -0.811. The molecule has 3 fully saturated rings. The molecule has 3 saturated heterocycles. The third-order valence-electron chi connectivity index (χ3n) is 4.42. The zero-order valence-electron chi connectivity index (χ0n) is 10.2. The molecule has 4 atom stereocenters. The van der Waals surface area contributed by atoms with Gasteiger partial charge in [-0.3, -0.25) is 9.59 Å². The molecule has 0 unspecified atom stereocenters. The Morgan fingerprint density at radius 2 is 1.53 bits per heavy atom. The first-order valence-electron chi connectivity index (χ1n) is 4.93. The van der Waals surface area contributed by atoms with Crippen LogP contribution in [0, 0.1) is 10.8 Å². The zero-order valence-corrected chi connectivity index (χ0v) is 12.3. The van der Waals surface area contributed by atoms with E-state index < -0.39 is 22.8 Å². The number of carbonyl (C=O) groups excluding carboxylic acids is 2. The topological polar surface area (TPSA) is 52.6 Å². The Bertz CT molecular complexity index is 329. The van der Waals surface area contributed by atoms with Crippen molar-refractivity contribution in [3.05, 3.63) is 0 Å². The van der Waals surface area contributed by atoms with Crippen molar-refractivity contribution in [2.75, 3.05) is 0 Å². The molecule has 3 rings (SSSR count). The summed E-state index contributed by atoms with van der Waals surface area (Å²) in [6.07, 6.45) is 1.46. The number of rotatable bonds is 0. The van der Waals surface area contributed by atoms with E-state index in [4.69, 9.17) is 9.47 Å². The van der Waals surface area contributed by atoms with E-state index in [0.29, 0.717) is 0 Å². The Morgan fingerprint density at radius 1 is 1.13 bits per heavy atom. The summed E-state index contributed by atoms with van der Waals surface area (Å²) in [6.45, 7) is 3.59. The predicted molar refractivity (Wildman–Crippen MR) is 46.3 cm³/mol. The standard InChI is InChI=1S/C10H12O4.K.H/c1-9-5-3-4-6(13-5)10(9,2)8(12)14-7(9)11;;/h5-6H,3-4H2,1-2H3;;/q;+1;-1/t5-,6+,9+,10-;;. The molecular weight excluding hydrogens is 223 g/mol. The number of cyclic esters (lactones) is 2. The number of carbonyl (C=O) groups is 2. The number of esters is 2. The van der Waals surface area contributed by atoms with Crippen LogP contribution >= 0.6 is 0 Å². The monoisotopic (exact) mass is 236 g/mol. The van der Waals surface area contributed by atoms with E-state index in [9.17, 15) is 9.59 Å². The molecule has 3 aliphatic rings. The van der Waals surface area contributed by atoms with E-state index in [1.165, 1.54) is 0 Å². The van der Waals surface area contributed by atoms with Gasteiger partial charge in [0.2, 0.25) is 0 Å². The van der Waals surface area contributed by atoms with Crippen molar-refractivity contribution in [2.45, 2.75) is 38.9 Å². The van der Waals surface area contributed by atoms with Gasteiger partial charge < -0.3 is 10.9 Å². The second-order valence-corrected chi connectivity index (χ2v) is 4.77. The van der Waals surface area contributed by atoms with Gasteiger partial charge in [-0.15, -0.1) is 0 Å². The van der Waals surface area contributed by atoms with Crippen molar-refractivity contribution in [1.29, 1.82) is 0 Å². The maximum atomic E-state index is 11.7. The van der Waals surface area contributed by atoms with E-state index in [1.807, 2.05) is 0 Å². The van der Waals surface area contributed by atoms with Gasteiger partial charge in [0, 0.05) is 0 Å². The van der Waals surface area contributed by atoms with Crippen LogP contribution in [0.4, 0.5) is 0 Å². The zero-order chi connectivity index (χ0) is 10.1. The van der Waals surface area contributed by atoms with Crippen LogP contribution in [-0.4, -0.2) is 24.1 Å². The van der Waals surface area contributed by atoms with Gasteiger partial charge in [0.1, 0.15) is 10.8 Å². The number of hydrogen-bond acceptors (Lipinski definition) is 4. The summed E-state index contributed by atoms with van der Waals surface area (Å²) in [7, 11) is 0. The molecule has 0 aliphatic carbocycles. The SMILES string of the molecule is C[C@@]12C(=O)OC(=O)[C@]1(C)[C@H]1CC[C@@H]2O1.[H-].[K+]. The van der Waals surface area contributed by atoms with Crippen LogP contribution in [0.1, 0.15) is 28.1 Å². The summed E-state index contributed by atoms with van der Waals surface area (Å²) in [4.78, 5) is 23.3. The largest absolute Gasteiger partial charge is 1.00 e. The molecule has 0 amide bonds. The minimum atomic E-state index is -0.743. The molecule has 4 nitrogen and oxygen atoms in total. The van der Waals surface area contributed by atoms with Crippen molar-refractivity contribution in [1.82, 2.24) is 0 Å². The van der Waals surface area contributed by atoms with Gasteiger partial charge in [-0.2, -0.15) is 0 Å². The predicted octanol–water partition coefficient (Wildman–Crippen LogP) is -2.24. The molecule has 0 aromatic heterocycles. The van der Waals surface area contributed by atoms with E-state index in [-0.39, 0.29) is 65.0 Å². The molecule has 0 radical (unpaired) electrons. The third kappa shape index (κ3) is 1.09. The number of hydrogen-bond donors (Lipinski definition) is 0. The van der Waals surface area contributed by atoms with Crippen LogP contribution in [0.2, 0.25) is 0 Å². The molecule has 0 saturated carbocycles. The van der Waals surface area contributed by atoms with Crippen molar-refractivity contribution >= 4 is 11.9 Å². The van der Waals surface area contributed by atoms with Crippen LogP contribution in [0.3, 0.4) is 0 Å². The van der Waals surface area contributed by atoms with Gasteiger partial charge in [-0.1, -0.05) is 0 Å². The molecule has 3 heterocycles. The molecule has 0 aromatic rings. The van der Waals surface area contributed by atoms with E-state index >= 15 is 0 Å². The minimum absolute atomic E-state index is 0. The van der Waals surface area contributed by atoms with E-state index in [1.54, 1.807) is 13.8 Å². The van der Waals surface area contributed by atoms with Gasteiger partial charge in [-0.25, -0.2) is 0 Å². The normalized spacial score (nSPS) is 51.3. The van der Waals surface area contributed by atoms with Gasteiger partial charge in [0.25, 0.3) is 0 Å². The fraction of sp³-hybridized carbons (Fsp3) is 0.800. The van der Waals surface area contributed by atoms with Gasteiger partial charge in [0.15, 0.2) is 0 Å². The summed E-state index contributed by atoms with van der Waals surface area (Å²) in [5.41, 5.74) is -1.49. The molecule has 78 valence electrons. The second-order valence-electron chi connectivity index (χ2n) is 4.77. The molecule has 15 heavy (non-hydrogen) atoms. The van der Waals surface area contributed by atoms with Crippen LogP contribution in [0.5, 0.6) is 0 Å². The summed E-state index contributed by atoms with van der Waals surface area (Å²) in [6, 6.07) is 0. The molecule has 0 aromatic carbocycles. The minimum Gasteiger partial charge on any atom is -1.00 e. The van der Waals surface area contributed by atoms with Crippen LogP contribution in [0.15, 0.2) is 0 Å². The quantitative estimate of drug-likeness (QED) is 0.271. The fourth-order valence-corrected chi connectivity index (χ4v) is 3.14. The summed E-state index contributed by atoms with van der Waals surface area (Å²) < 4.78 is 10.4. The number of ether oxygens (including phenoxy) is 2. The van der Waals surface area contributed by atoms with Crippen LogP contribution < -0.4 is 51.4 Å². The molecule has 0 N–H and O–H groups in total. The number of fused-ring (bicyclic) bond motifs is 5. The Balaban J connectivity index is 0.000000640. The van der Waals surface area contributed by atoms with E-state index in [2.05, 4.69) is 0 Å². The van der Waals surface area contributed by atoms with Gasteiger partial charge >= 0.3 is 63.3 Å². The average Bonchev–Trinajstić information content (AvgIpc) is 2.73. The summed E-state index contributed by atoms with van der Waals surface area (Å²) in [5, 5.41) is 0. The third-order valence-corrected chi connectivity index (χ3v) is 4.42. The van der Waals surface area contributed by atoms with Crippen LogP contribution in [0.25, 0.3) is 0 Å². The Morgan fingerprint density at radius 3 is 1.93 bits per heavy atom. The molecule has 2 bridgehead atoms. The first-order valence-corrected chi connectivity index (χ1v) is 4.93. The fourth-order valence-electron chi connectivity index (χ4n) is 3.14. The molecule has 3 aliphatic heterocycles. The van der Waals surface area contributed by atoms with Crippen LogP contribution in [-0.2, 0) is 19.1 Å². The average molecular weight is 236 g/mol. The van der Waals surface area contributed by atoms with Crippen molar-refractivity contribution in [2.24, 2.45) is 10.8 Å². The molecular formula is C10H13KO4. The van der Waals surface area contributed by atoms with Crippen molar-refractivity contribution < 1.29 is 71.9 Å². The maximum absolute atomic E-state index is 11.7. The Hall–Kier alpha value is 0.736.